The zero-order valence-electron chi connectivity index (χ0n) is 10.1. The fourth-order valence-corrected chi connectivity index (χ4v) is 3.90. The molecule has 18 heavy (non-hydrogen) atoms. The SMILES string of the molecule is CO[C@H]1CNCC1NS(=O)(=O)c1c(Cl)cnn1C. The summed E-state index contributed by atoms with van der Waals surface area (Å²) in [5, 5.41) is 6.94. The fraction of sp³-hybridized carbons (Fsp3) is 0.667. The van der Waals surface area contributed by atoms with Crippen LogP contribution in [0.5, 0.6) is 0 Å². The number of aryl methyl sites for hydroxylation is 1. The molecule has 1 aliphatic heterocycles. The molecule has 2 rings (SSSR count). The van der Waals surface area contributed by atoms with Crippen molar-refractivity contribution in [2.24, 2.45) is 7.05 Å². The molecule has 1 unspecified atom stereocenters. The van der Waals surface area contributed by atoms with Crippen LogP contribution in [0.2, 0.25) is 5.02 Å². The number of hydrogen-bond acceptors (Lipinski definition) is 5. The zero-order valence-corrected chi connectivity index (χ0v) is 11.6. The number of aromatic nitrogens is 2. The molecule has 0 aliphatic carbocycles. The van der Waals surface area contributed by atoms with Crippen molar-refractivity contribution in [2.75, 3.05) is 20.2 Å². The molecule has 1 fully saturated rings. The molecule has 2 N–H and O–H groups in total. The number of rotatable bonds is 4. The largest absolute Gasteiger partial charge is 0.378 e. The average molecular weight is 295 g/mol. The van der Waals surface area contributed by atoms with E-state index in [9.17, 15) is 8.42 Å². The number of ether oxygens (including phenoxy) is 1. The molecule has 2 heterocycles. The summed E-state index contributed by atoms with van der Waals surface area (Å²) in [7, 11) is -0.626. The highest BCUT2D eigenvalue weighted by atomic mass is 35.5. The van der Waals surface area contributed by atoms with E-state index in [1.165, 1.54) is 17.9 Å². The van der Waals surface area contributed by atoms with Crippen LogP contribution in [0.25, 0.3) is 0 Å². The van der Waals surface area contributed by atoms with Crippen LogP contribution in [0.3, 0.4) is 0 Å². The summed E-state index contributed by atoms with van der Waals surface area (Å²) in [6.07, 6.45) is 1.11. The van der Waals surface area contributed by atoms with Crippen molar-refractivity contribution < 1.29 is 13.2 Å². The zero-order chi connectivity index (χ0) is 13.3. The van der Waals surface area contributed by atoms with Gasteiger partial charge >= 0.3 is 0 Å². The minimum absolute atomic E-state index is 0.0362. The monoisotopic (exact) mass is 294 g/mol. The first kappa shape index (κ1) is 13.8. The maximum absolute atomic E-state index is 12.2. The molecular formula is C9H15ClN4O3S. The van der Waals surface area contributed by atoms with Crippen LogP contribution in [0, 0.1) is 0 Å². The first-order valence-corrected chi connectivity index (χ1v) is 7.25. The highest BCUT2D eigenvalue weighted by molar-refractivity contribution is 7.89. The van der Waals surface area contributed by atoms with E-state index in [1.54, 1.807) is 7.11 Å². The number of methoxy groups -OCH3 is 1. The second-order valence-corrected chi connectivity index (χ2v) is 6.12. The summed E-state index contributed by atoms with van der Waals surface area (Å²) in [4.78, 5) is 0. The third-order valence-electron chi connectivity index (χ3n) is 2.86. The predicted octanol–water partition coefficient (Wildman–Crippen LogP) is -0.661. The van der Waals surface area contributed by atoms with Gasteiger partial charge in [-0.2, -0.15) is 5.10 Å². The topological polar surface area (TPSA) is 85.2 Å². The van der Waals surface area contributed by atoms with Crippen molar-refractivity contribution >= 4 is 21.6 Å². The lowest BCUT2D eigenvalue weighted by Gasteiger charge is -2.18. The maximum Gasteiger partial charge on any atom is 0.259 e. The van der Waals surface area contributed by atoms with Crippen LogP contribution in [-0.4, -0.2) is 50.5 Å². The van der Waals surface area contributed by atoms with Gasteiger partial charge in [0.2, 0.25) is 0 Å². The van der Waals surface area contributed by atoms with Gasteiger partial charge < -0.3 is 10.1 Å². The van der Waals surface area contributed by atoms with Gasteiger partial charge in [-0.3, -0.25) is 4.68 Å². The predicted molar refractivity (Wildman–Crippen MR) is 66.0 cm³/mol. The van der Waals surface area contributed by atoms with E-state index in [2.05, 4.69) is 15.1 Å². The Morgan fingerprint density at radius 2 is 2.33 bits per heavy atom. The van der Waals surface area contributed by atoms with Crippen molar-refractivity contribution in [3.63, 3.8) is 0 Å². The molecule has 0 aromatic carbocycles. The molecule has 1 aliphatic rings. The Labute approximate surface area is 110 Å². The molecule has 0 spiro atoms. The highest BCUT2D eigenvalue weighted by Crippen LogP contribution is 2.20. The smallest absolute Gasteiger partial charge is 0.259 e. The summed E-state index contributed by atoms with van der Waals surface area (Å²) in [5.41, 5.74) is 0. The van der Waals surface area contributed by atoms with E-state index in [4.69, 9.17) is 16.3 Å². The third-order valence-corrected chi connectivity index (χ3v) is 4.86. The van der Waals surface area contributed by atoms with E-state index in [0.29, 0.717) is 13.1 Å². The van der Waals surface area contributed by atoms with Crippen molar-refractivity contribution in [1.82, 2.24) is 19.8 Å². The molecule has 2 atom stereocenters. The number of nitrogens with one attached hydrogen (secondary N) is 2. The third kappa shape index (κ3) is 2.52. The Kier molecular flexibility index (Phi) is 3.93. The van der Waals surface area contributed by atoms with Gasteiger partial charge in [-0.25, -0.2) is 13.1 Å². The minimum Gasteiger partial charge on any atom is -0.378 e. The molecule has 0 bridgehead atoms. The highest BCUT2D eigenvalue weighted by Gasteiger charge is 2.33. The Hall–Kier alpha value is -0.670. The Morgan fingerprint density at radius 3 is 2.89 bits per heavy atom. The van der Waals surface area contributed by atoms with Gasteiger partial charge in [-0.1, -0.05) is 11.6 Å². The van der Waals surface area contributed by atoms with Gasteiger partial charge in [-0.15, -0.1) is 0 Å². The molecule has 0 radical (unpaired) electrons. The lowest BCUT2D eigenvalue weighted by molar-refractivity contribution is 0.103. The van der Waals surface area contributed by atoms with Crippen molar-refractivity contribution in [3.8, 4) is 0 Å². The van der Waals surface area contributed by atoms with Gasteiger partial charge in [0.05, 0.1) is 23.4 Å². The van der Waals surface area contributed by atoms with Crippen molar-refractivity contribution in [2.45, 2.75) is 17.2 Å². The first-order chi connectivity index (χ1) is 8.45. The summed E-state index contributed by atoms with van der Waals surface area (Å²) < 4.78 is 33.4. The van der Waals surface area contributed by atoms with E-state index in [0.717, 1.165) is 0 Å². The van der Waals surface area contributed by atoms with E-state index >= 15 is 0 Å². The van der Waals surface area contributed by atoms with Gasteiger partial charge in [0.1, 0.15) is 0 Å². The number of sulfonamides is 1. The number of halogens is 1. The van der Waals surface area contributed by atoms with Crippen LogP contribution in [0.1, 0.15) is 0 Å². The van der Waals surface area contributed by atoms with E-state index < -0.39 is 10.0 Å². The maximum atomic E-state index is 12.2. The molecule has 9 heteroatoms. The summed E-state index contributed by atoms with van der Waals surface area (Å²) in [6.45, 7) is 1.13. The molecule has 1 saturated heterocycles. The van der Waals surface area contributed by atoms with E-state index in [-0.39, 0.29) is 22.2 Å². The van der Waals surface area contributed by atoms with Crippen molar-refractivity contribution in [1.29, 1.82) is 0 Å². The van der Waals surface area contributed by atoms with Gasteiger partial charge in [0.25, 0.3) is 10.0 Å². The van der Waals surface area contributed by atoms with E-state index in [1.807, 2.05) is 0 Å². The van der Waals surface area contributed by atoms with Gasteiger partial charge in [-0.05, 0) is 0 Å². The van der Waals surface area contributed by atoms with Gasteiger partial charge in [0, 0.05) is 27.2 Å². The molecule has 7 nitrogen and oxygen atoms in total. The minimum atomic E-state index is -3.71. The molecule has 0 saturated carbocycles. The Balaban J connectivity index is 2.23. The van der Waals surface area contributed by atoms with Gasteiger partial charge in [0.15, 0.2) is 5.03 Å². The standard InChI is InChI=1S/C9H15ClN4O3S/c1-14-9(6(10)3-12-14)18(15,16)13-7-4-11-5-8(7)17-2/h3,7-8,11,13H,4-5H2,1-2H3/t7?,8-/m0/s1. The summed E-state index contributed by atoms with van der Waals surface area (Å²) in [5.74, 6) is 0. The molecular weight excluding hydrogens is 280 g/mol. The fourth-order valence-electron chi connectivity index (χ4n) is 1.98. The normalized spacial score (nSPS) is 24.6. The quantitative estimate of drug-likeness (QED) is 0.770. The lowest BCUT2D eigenvalue weighted by Crippen LogP contribution is -2.44. The van der Waals surface area contributed by atoms with Crippen molar-refractivity contribution in [3.05, 3.63) is 11.2 Å². The number of hydrogen-bond donors (Lipinski definition) is 2. The van der Waals surface area contributed by atoms with Crippen LogP contribution in [0.4, 0.5) is 0 Å². The van der Waals surface area contributed by atoms with Crippen LogP contribution < -0.4 is 10.0 Å². The molecule has 1 aromatic rings. The second-order valence-electron chi connectivity index (χ2n) is 4.08. The molecule has 1 aromatic heterocycles. The molecule has 0 amide bonds. The Morgan fingerprint density at radius 1 is 1.61 bits per heavy atom. The molecule has 102 valence electrons. The number of nitrogens with zero attached hydrogens (tertiary/aromatic N) is 2. The van der Waals surface area contributed by atoms with Crippen LogP contribution in [-0.2, 0) is 21.8 Å². The second kappa shape index (κ2) is 5.14. The summed E-state index contributed by atoms with van der Waals surface area (Å²) >= 11 is 5.84. The first-order valence-electron chi connectivity index (χ1n) is 5.39. The van der Waals surface area contributed by atoms with Crippen LogP contribution >= 0.6 is 11.6 Å². The average Bonchev–Trinajstić information content (AvgIpc) is 2.85. The lowest BCUT2D eigenvalue weighted by atomic mass is 10.2. The Bertz CT molecular complexity index is 510. The van der Waals surface area contributed by atoms with Crippen LogP contribution in [0.15, 0.2) is 11.2 Å². The summed E-state index contributed by atoms with van der Waals surface area (Å²) in [6, 6.07) is -0.314.